The van der Waals surface area contributed by atoms with Crippen molar-refractivity contribution in [3.05, 3.63) is 36.4 Å². The number of hydrogen-bond acceptors (Lipinski definition) is 5. The third-order valence-electron chi connectivity index (χ3n) is 4.55. The normalized spacial score (nSPS) is 30.5. The smallest absolute Gasteiger partial charge is 0.266 e. The highest BCUT2D eigenvalue weighted by molar-refractivity contribution is 7.90. The molecular weight excluding hydrogens is 342 g/mol. The molecule has 1 heterocycles. The second kappa shape index (κ2) is 6.61. The fourth-order valence-electron chi connectivity index (χ4n) is 2.90. The van der Waals surface area contributed by atoms with Gasteiger partial charge in [-0.3, -0.25) is 9.59 Å². The number of fused-ring (bicyclic) bond motifs is 2. The average molecular weight is 363 g/mol. The van der Waals surface area contributed by atoms with Crippen LogP contribution in [0.1, 0.15) is 32.1 Å². The molecule has 1 fully saturated rings. The van der Waals surface area contributed by atoms with Gasteiger partial charge in [0.1, 0.15) is 10.4 Å². The molecule has 1 aliphatic heterocycles. The maximum absolute atomic E-state index is 12.6. The van der Waals surface area contributed by atoms with Gasteiger partial charge >= 0.3 is 0 Å². The Balaban J connectivity index is 1.93. The minimum absolute atomic E-state index is 0.150. The molecule has 0 spiro atoms. The lowest BCUT2D eigenvalue weighted by atomic mass is 10.1. The summed E-state index contributed by atoms with van der Waals surface area (Å²) in [6, 6.07) is 5.99. The lowest BCUT2D eigenvalue weighted by Gasteiger charge is -2.15. The Morgan fingerprint density at radius 3 is 2.72 bits per heavy atom. The number of nitrogens with one attached hydrogen (secondary N) is 2. The molecule has 7 nitrogen and oxygen atoms in total. The van der Waals surface area contributed by atoms with Crippen LogP contribution in [0.15, 0.2) is 41.3 Å². The minimum atomic E-state index is -4.13. The molecule has 8 heteroatoms. The number of carbonyl (C=O) groups is 2. The summed E-state index contributed by atoms with van der Waals surface area (Å²) in [5, 5.41) is 2.61. The molecular formula is C17H21N3O4S. The number of rotatable bonds is 0. The van der Waals surface area contributed by atoms with Crippen LogP contribution in [0.2, 0.25) is 0 Å². The molecule has 4 N–H and O–H groups in total. The number of sulfonamides is 1. The number of allylic oxidation sites excluding steroid dienone is 1. The molecule has 1 saturated carbocycles. The Hall–Kier alpha value is -2.19. The number of para-hydroxylation sites is 1. The van der Waals surface area contributed by atoms with Gasteiger partial charge in [0.2, 0.25) is 5.91 Å². The second-order valence-corrected chi connectivity index (χ2v) is 8.15. The van der Waals surface area contributed by atoms with Crippen LogP contribution in [-0.2, 0) is 19.6 Å². The second-order valence-electron chi connectivity index (χ2n) is 6.50. The number of hydrogen-bond donors (Lipinski definition) is 3. The Kier molecular flexibility index (Phi) is 4.66. The molecule has 1 aromatic carbocycles. The summed E-state index contributed by atoms with van der Waals surface area (Å²) >= 11 is 0. The molecule has 3 rings (SSSR count). The van der Waals surface area contributed by atoms with Crippen LogP contribution < -0.4 is 15.8 Å². The van der Waals surface area contributed by atoms with E-state index in [0.717, 1.165) is 12.8 Å². The number of nitrogens with two attached hydrogens (primary N) is 1. The largest absolute Gasteiger partial charge is 0.325 e. The lowest BCUT2D eigenvalue weighted by Crippen LogP contribution is -2.46. The number of carbonyl (C=O) groups excluding carboxylic acids is 2. The van der Waals surface area contributed by atoms with Crippen molar-refractivity contribution >= 4 is 27.5 Å². The van der Waals surface area contributed by atoms with Gasteiger partial charge in [0.15, 0.2) is 0 Å². The van der Waals surface area contributed by atoms with Crippen molar-refractivity contribution in [3.63, 3.8) is 0 Å². The van der Waals surface area contributed by atoms with E-state index < -0.39 is 21.5 Å². The molecule has 2 aliphatic rings. The molecule has 1 aliphatic carbocycles. The van der Waals surface area contributed by atoms with Gasteiger partial charge in [0.25, 0.3) is 15.9 Å². The first-order valence-corrected chi connectivity index (χ1v) is 9.73. The van der Waals surface area contributed by atoms with Crippen LogP contribution >= 0.6 is 0 Å². The summed E-state index contributed by atoms with van der Waals surface area (Å²) in [5.74, 6) is -1.15. The van der Waals surface area contributed by atoms with E-state index in [9.17, 15) is 18.0 Å². The summed E-state index contributed by atoms with van der Waals surface area (Å²) in [6.45, 7) is 0. The van der Waals surface area contributed by atoms with Crippen LogP contribution in [0, 0.1) is 5.92 Å². The highest BCUT2D eigenvalue weighted by atomic mass is 32.2. The quantitative estimate of drug-likeness (QED) is 0.600. The first kappa shape index (κ1) is 17.6. The lowest BCUT2D eigenvalue weighted by molar-refractivity contribution is -0.121. The first-order valence-electron chi connectivity index (χ1n) is 8.24. The summed E-state index contributed by atoms with van der Waals surface area (Å²) in [5.41, 5.74) is 5.00. The third-order valence-corrected chi connectivity index (χ3v) is 5.94. The van der Waals surface area contributed by atoms with Gasteiger partial charge in [-0.05, 0) is 37.8 Å². The van der Waals surface area contributed by atoms with Gasteiger partial charge in [-0.2, -0.15) is 0 Å². The van der Waals surface area contributed by atoms with Crippen molar-refractivity contribution in [2.75, 3.05) is 5.32 Å². The van der Waals surface area contributed by atoms with Gasteiger partial charge in [0, 0.05) is 12.3 Å². The van der Waals surface area contributed by atoms with Crippen LogP contribution in [0.3, 0.4) is 0 Å². The number of anilines is 1. The third kappa shape index (κ3) is 3.74. The Labute approximate surface area is 146 Å². The highest BCUT2D eigenvalue weighted by Gasteiger charge is 2.56. The van der Waals surface area contributed by atoms with Gasteiger partial charge in [-0.1, -0.05) is 24.3 Å². The zero-order valence-electron chi connectivity index (χ0n) is 13.7. The number of benzene rings is 1. The van der Waals surface area contributed by atoms with Crippen molar-refractivity contribution < 1.29 is 18.0 Å². The van der Waals surface area contributed by atoms with Crippen molar-refractivity contribution in [2.24, 2.45) is 11.7 Å². The van der Waals surface area contributed by atoms with E-state index >= 15 is 0 Å². The SMILES string of the molecule is N[C@]12C[C@@H]1/C=C\CCCCC(=O)Nc1ccccc1S(=O)(=O)NC2=O. The topological polar surface area (TPSA) is 118 Å². The fourth-order valence-corrected chi connectivity index (χ4v) is 4.11. The van der Waals surface area contributed by atoms with Crippen molar-refractivity contribution in [3.8, 4) is 0 Å². The monoisotopic (exact) mass is 363 g/mol. The highest BCUT2D eigenvalue weighted by Crippen LogP contribution is 2.42. The molecule has 0 bridgehead atoms. The summed E-state index contributed by atoms with van der Waals surface area (Å²) in [6.07, 6.45) is 6.84. The molecule has 134 valence electrons. The molecule has 2 atom stereocenters. The zero-order chi connectivity index (χ0) is 18.1. The van der Waals surface area contributed by atoms with E-state index in [4.69, 9.17) is 5.73 Å². The minimum Gasteiger partial charge on any atom is -0.325 e. The van der Waals surface area contributed by atoms with E-state index in [1.54, 1.807) is 6.07 Å². The Morgan fingerprint density at radius 2 is 1.92 bits per heavy atom. The van der Waals surface area contributed by atoms with Crippen LogP contribution in [0.5, 0.6) is 0 Å². The van der Waals surface area contributed by atoms with E-state index in [1.807, 2.05) is 12.2 Å². The Bertz CT molecular complexity index is 834. The van der Waals surface area contributed by atoms with Crippen molar-refractivity contribution in [1.82, 2.24) is 4.72 Å². The van der Waals surface area contributed by atoms with Gasteiger partial charge in [-0.25, -0.2) is 13.1 Å². The molecule has 0 radical (unpaired) electrons. The molecule has 0 unspecified atom stereocenters. The van der Waals surface area contributed by atoms with Crippen molar-refractivity contribution in [1.29, 1.82) is 0 Å². The van der Waals surface area contributed by atoms with Crippen LogP contribution in [-0.4, -0.2) is 25.8 Å². The zero-order valence-corrected chi connectivity index (χ0v) is 14.5. The van der Waals surface area contributed by atoms with Crippen LogP contribution in [0.25, 0.3) is 0 Å². The Morgan fingerprint density at radius 1 is 1.16 bits per heavy atom. The molecule has 0 saturated heterocycles. The molecule has 25 heavy (non-hydrogen) atoms. The van der Waals surface area contributed by atoms with E-state index in [-0.39, 0.29) is 22.4 Å². The fraction of sp³-hybridized carbons (Fsp3) is 0.412. The first-order chi connectivity index (χ1) is 11.8. The average Bonchev–Trinajstić information content (AvgIpc) is 3.22. The standard InChI is InChI=1S/C17H21N3O4S/c18-17-11-12(17)7-3-1-2-4-10-15(21)19-13-8-5-6-9-14(13)25(23,24)20-16(17)22/h3,5-9,12H,1-2,4,10-11,18H2,(H,19,21)(H,20,22)/b7-3-/t12-,17+/m0/s1. The summed E-state index contributed by atoms with van der Waals surface area (Å²) in [7, 11) is -4.13. The predicted octanol–water partition coefficient (Wildman–Crippen LogP) is 1.28. The molecule has 2 amide bonds. The maximum atomic E-state index is 12.6. The molecule has 1 aromatic rings. The maximum Gasteiger partial charge on any atom is 0.266 e. The van der Waals surface area contributed by atoms with Crippen molar-refractivity contribution in [2.45, 2.75) is 42.5 Å². The van der Waals surface area contributed by atoms with E-state index in [2.05, 4.69) is 10.0 Å². The predicted molar refractivity (Wildman–Crippen MR) is 93.0 cm³/mol. The van der Waals surface area contributed by atoms with Gasteiger partial charge in [-0.15, -0.1) is 0 Å². The summed E-state index contributed by atoms with van der Waals surface area (Å²) < 4.78 is 27.2. The van der Waals surface area contributed by atoms with E-state index in [0.29, 0.717) is 19.3 Å². The van der Waals surface area contributed by atoms with E-state index in [1.165, 1.54) is 18.2 Å². The number of amides is 2. The van der Waals surface area contributed by atoms with Gasteiger partial charge < -0.3 is 11.1 Å². The molecule has 0 aromatic heterocycles. The van der Waals surface area contributed by atoms with Gasteiger partial charge in [0.05, 0.1) is 5.69 Å². The van der Waals surface area contributed by atoms with Crippen LogP contribution in [0.4, 0.5) is 5.69 Å². The summed E-state index contributed by atoms with van der Waals surface area (Å²) in [4.78, 5) is 24.3.